The summed E-state index contributed by atoms with van der Waals surface area (Å²) in [5.74, 6) is 0. The molecule has 0 saturated carbocycles. The Balaban J connectivity index is 1.44. The first-order valence-corrected chi connectivity index (χ1v) is 7.50. The summed E-state index contributed by atoms with van der Waals surface area (Å²) in [5.41, 5.74) is 4.86. The molecule has 0 atom stereocenters. The summed E-state index contributed by atoms with van der Waals surface area (Å²) >= 11 is 0. The molecular weight excluding hydrogens is 260 g/mol. The molecular formula is C17H22N4. The van der Waals surface area contributed by atoms with Crippen LogP contribution in [0.2, 0.25) is 0 Å². The molecule has 1 aromatic carbocycles. The van der Waals surface area contributed by atoms with Crippen LogP contribution < -0.4 is 5.32 Å². The Morgan fingerprint density at radius 1 is 1.19 bits per heavy atom. The molecule has 0 spiro atoms. The zero-order valence-corrected chi connectivity index (χ0v) is 12.7. The molecule has 0 saturated heterocycles. The molecule has 4 nitrogen and oxygen atoms in total. The number of benzene rings is 1. The smallest absolute Gasteiger partial charge is 0.0596 e. The van der Waals surface area contributed by atoms with Crippen molar-refractivity contribution in [3.8, 4) is 0 Å². The highest BCUT2D eigenvalue weighted by atomic mass is 15.3. The van der Waals surface area contributed by atoms with Gasteiger partial charge in [0.05, 0.1) is 5.69 Å². The molecule has 2 heterocycles. The molecule has 3 aromatic rings. The second-order valence-electron chi connectivity index (χ2n) is 5.58. The molecule has 0 aliphatic carbocycles. The zero-order chi connectivity index (χ0) is 14.7. The standard InChI is InChI=1S/C17H22N4/c1-13-10-14(2)21(20-13)9-3-7-18-12-15-4-5-16-6-8-19-17(16)11-15/h4-6,8,10-11,18-19H,3,7,9,12H2,1-2H3. The first kappa shape index (κ1) is 13.9. The molecule has 21 heavy (non-hydrogen) atoms. The zero-order valence-electron chi connectivity index (χ0n) is 12.7. The lowest BCUT2D eigenvalue weighted by Crippen LogP contribution is -2.17. The Hall–Kier alpha value is -2.07. The lowest BCUT2D eigenvalue weighted by molar-refractivity contribution is 0.532. The van der Waals surface area contributed by atoms with Crippen LogP contribution in [-0.2, 0) is 13.1 Å². The molecule has 0 fully saturated rings. The summed E-state index contributed by atoms with van der Waals surface area (Å²) in [5, 5.41) is 9.25. The third-order valence-corrected chi connectivity index (χ3v) is 3.78. The maximum absolute atomic E-state index is 4.48. The Kier molecular flexibility index (Phi) is 4.06. The van der Waals surface area contributed by atoms with Gasteiger partial charge >= 0.3 is 0 Å². The van der Waals surface area contributed by atoms with Gasteiger partial charge in [-0.15, -0.1) is 0 Å². The van der Waals surface area contributed by atoms with Gasteiger partial charge in [0, 0.05) is 30.5 Å². The van der Waals surface area contributed by atoms with Crippen LogP contribution >= 0.6 is 0 Å². The summed E-state index contributed by atoms with van der Waals surface area (Å²) < 4.78 is 2.09. The molecule has 2 aromatic heterocycles. The lowest BCUT2D eigenvalue weighted by Gasteiger charge is -2.07. The molecule has 0 bridgehead atoms. The Morgan fingerprint density at radius 3 is 2.90 bits per heavy atom. The first-order valence-electron chi connectivity index (χ1n) is 7.50. The van der Waals surface area contributed by atoms with Crippen LogP contribution in [0, 0.1) is 13.8 Å². The molecule has 0 radical (unpaired) electrons. The number of rotatable bonds is 6. The van der Waals surface area contributed by atoms with Gasteiger partial charge in [-0.2, -0.15) is 5.10 Å². The minimum atomic E-state index is 0.909. The number of nitrogens with zero attached hydrogens (tertiary/aromatic N) is 2. The average Bonchev–Trinajstić information content (AvgIpc) is 3.04. The molecule has 0 aliphatic heterocycles. The first-order chi connectivity index (χ1) is 10.2. The normalized spacial score (nSPS) is 11.3. The van der Waals surface area contributed by atoms with Crippen molar-refractivity contribution >= 4 is 10.9 Å². The lowest BCUT2D eigenvalue weighted by atomic mass is 10.1. The SMILES string of the molecule is Cc1cc(C)n(CCCNCc2ccc3cc[nH]c3c2)n1. The van der Waals surface area contributed by atoms with Crippen molar-refractivity contribution < 1.29 is 0 Å². The quantitative estimate of drug-likeness (QED) is 0.682. The van der Waals surface area contributed by atoms with Crippen LogP contribution in [0.1, 0.15) is 23.4 Å². The fourth-order valence-corrected chi connectivity index (χ4v) is 2.69. The van der Waals surface area contributed by atoms with Crippen molar-refractivity contribution in [2.75, 3.05) is 6.54 Å². The van der Waals surface area contributed by atoms with E-state index in [-0.39, 0.29) is 0 Å². The highest BCUT2D eigenvalue weighted by Gasteiger charge is 2.00. The van der Waals surface area contributed by atoms with Gasteiger partial charge in [-0.25, -0.2) is 0 Å². The van der Waals surface area contributed by atoms with E-state index in [4.69, 9.17) is 0 Å². The van der Waals surface area contributed by atoms with Gasteiger partial charge < -0.3 is 10.3 Å². The number of aromatic nitrogens is 3. The van der Waals surface area contributed by atoms with E-state index in [0.717, 1.165) is 31.7 Å². The van der Waals surface area contributed by atoms with Gasteiger partial charge in [-0.3, -0.25) is 4.68 Å². The molecule has 110 valence electrons. The largest absolute Gasteiger partial charge is 0.361 e. The molecule has 0 unspecified atom stereocenters. The van der Waals surface area contributed by atoms with Gasteiger partial charge in [0.1, 0.15) is 0 Å². The summed E-state index contributed by atoms with van der Waals surface area (Å²) in [6.45, 7) is 7.03. The van der Waals surface area contributed by atoms with Crippen LogP contribution in [0.3, 0.4) is 0 Å². The van der Waals surface area contributed by atoms with Crippen molar-refractivity contribution in [1.82, 2.24) is 20.1 Å². The number of fused-ring (bicyclic) bond motifs is 1. The Bertz CT molecular complexity index is 723. The number of aryl methyl sites for hydroxylation is 3. The Morgan fingerprint density at radius 2 is 2.10 bits per heavy atom. The number of nitrogens with one attached hydrogen (secondary N) is 2. The van der Waals surface area contributed by atoms with Crippen LogP contribution in [0.15, 0.2) is 36.5 Å². The van der Waals surface area contributed by atoms with Gasteiger partial charge in [0.2, 0.25) is 0 Å². The van der Waals surface area contributed by atoms with E-state index in [1.807, 2.05) is 13.1 Å². The maximum Gasteiger partial charge on any atom is 0.0596 e. The average molecular weight is 282 g/mol. The monoisotopic (exact) mass is 282 g/mol. The van der Waals surface area contributed by atoms with Crippen LogP contribution in [0.5, 0.6) is 0 Å². The van der Waals surface area contributed by atoms with E-state index >= 15 is 0 Å². The van der Waals surface area contributed by atoms with E-state index in [9.17, 15) is 0 Å². The van der Waals surface area contributed by atoms with E-state index < -0.39 is 0 Å². The van der Waals surface area contributed by atoms with Crippen molar-refractivity contribution in [2.24, 2.45) is 0 Å². The molecule has 0 amide bonds. The van der Waals surface area contributed by atoms with E-state index in [1.165, 1.54) is 22.2 Å². The van der Waals surface area contributed by atoms with Gasteiger partial charge in [-0.05, 0) is 56.0 Å². The fraction of sp³-hybridized carbons (Fsp3) is 0.353. The van der Waals surface area contributed by atoms with Crippen LogP contribution in [0.4, 0.5) is 0 Å². The van der Waals surface area contributed by atoms with Gasteiger partial charge in [-0.1, -0.05) is 12.1 Å². The topological polar surface area (TPSA) is 45.6 Å². The van der Waals surface area contributed by atoms with Crippen LogP contribution in [0.25, 0.3) is 10.9 Å². The minimum absolute atomic E-state index is 0.909. The van der Waals surface area contributed by atoms with Crippen LogP contribution in [-0.4, -0.2) is 21.3 Å². The second kappa shape index (κ2) is 6.14. The summed E-state index contributed by atoms with van der Waals surface area (Å²) in [7, 11) is 0. The third kappa shape index (κ3) is 3.34. The van der Waals surface area contributed by atoms with Gasteiger partial charge in [0.25, 0.3) is 0 Å². The number of hydrogen-bond acceptors (Lipinski definition) is 2. The highest BCUT2D eigenvalue weighted by molar-refractivity contribution is 5.79. The predicted molar refractivity (Wildman–Crippen MR) is 86.3 cm³/mol. The van der Waals surface area contributed by atoms with Crippen molar-refractivity contribution in [3.63, 3.8) is 0 Å². The summed E-state index contributed by atoms with van der Waals surface area (Å²) in [4.78, 5) is 3.25. The van der Waals surface area contributed by atoms with E-state index in [2.05, 4.69) is 57.3 Å². The highest BCUT2D eigenvalue weighted by Crippen LogP contribution is 2.13. The number of aromatic amines is 1. The van der Waals surface area contributed by atoms with Gasteiger partial charge in [0.15, 0.2) is 0 Å². The minimum Gasteiger partial charge on any atom is -0.361 e. The fourth-order valence-electron chi connectivity index (χ4n) is 2.69. The number of hydrogen-bond donors (Lipinski definition) is 2. The summed E-state index contributed by atoms with van der Waals surface area (Å²) in [6.07, 6.45) is 3.07. The second-order valence-corrected chi connectivity index (χ2v) is 5.58. The van der Waals surface area contributed by atoms with E-state index in [0.29, 0.717) is 0 Å². The Labute approximate surface area is 125 Å². The van der Waals surface area contributed by atoms with Crippen molar-refractivity contribution in [1.29, 1.82) is 0 Å². The van der Waals surface area contributed by atoms with E-state index in [1.54, 1.807) is 0 Å². The number of H-pyrrole nitrogens is 1. The maximum atomic E-state index is 4.48. The summed E-state index contributed by atoms with van der Waals surface area (Å²) in [6, 6.07) is 10.8. The van der Waals surface area contributed by atoms with Crippen molar-refractivity contribution in [3.05, 3.63) is 53.5 Å². The predicted octanol–water partition coefficient (Wildman–Crippen LogP) is 3.16. The molecule has 0 aliphatic rings. The molecule has 4 heteroatoms. The molecule has 3 rings (SSSR count). The van der Waals surface area contributed by atoms with Crippen molar-refractivity contribution in [2.45, 2.75) is 33.4 Å². The third-order valence-electron chi connectivity index (χ3n) is 3.78. The molecule has 2 N–H and O–H groups in total.